The van der Waals surface area contributed by atoms with Crippen molar-refractivity contribution in [3.8, 4) is 0 Å². The maximum Gasteiger partial charge on any atom is 0.245 e. The van der Waals surface area contributed by atoms with Gasteiger partial charge in [0.15, 0.2) is 0 Å². The molecule has 1 aliphatic rings. The van der Waals surface area contributed by atoms with Gasteiger partial charge in [-0.3, -0.25) is 4.79 Å². The molecule has 1 aromatic heterocycles. The molecule has 9 heteroatoms. The topological polar surface area (TPSA) is 75.7 Å². The zero-order chi connectivity index (χ0) is 15.6. The van der Waals surface area contributed by atoms with E-state index in [1.807, 2.05) is 0 Å². The molecule has 1 amide bonds. The number of carbonyl (C=O) groups is 1. The van der Waals surface area contributed by atoms with Gasteiger partial charge in [0.25, 0.3) is 0 Å². The Balaban J connectivity index is 2.36. The Labute approximate surface area is 136 Å². The van der Waals surface area contributed by atoms with E-state index in [1.54, 1.807) is 19.9 Å². The standard InChI is InChI=1S/C12H17BrN2O4S2/c1-3-14-12(16)9-7-19-5-4-15(9)21(17,18)10-6-11(13)20-8(10)2/h6,9H,3-5,7H2,1-2H3,(H,14,16). The summed E-state index contributed by atoms with van der Waals surface area (Å²) in [5, 5.41) is 2.66. The minimum atomic E-state index is -3.71. The molecular formula is C12H17BrN2O4S2. The van der Waals surface area contributed by atoms with Gasteiger partial charge in [-0.05, 0) is 35.8 Å². The first-order valence-electron chi connectivity index (χ1n) is 6.51. The van der Waals surface area contributed by atoms with Crippen LogP contribution in [0.25, 0.3) is 0 Å². The van der Waals surface area contributed by atoms with Crippen molar-refractivity contribution >= 4 is 43.2 Å². The number of morpholine rings is 1. The summed E-state index contributed by atoms with van der Waals surface area (Å²) in [4.78, 5) is 13.0. The molecule has 1 unspecified atom stereocenters. The summed E-state index contributed by atoms with van der Waals surface area (Å²) in [6.07, 6.45) is 0. The molecular weight excluding hydrogens is 380 g/mol. The largest absolute Gasteiger partial charge is 0.378 e. The van der Waals surface area contributed by atoms with Crippen molar-refractivity contribution in [2.45, 2.75) is 24.8 Å². The molecule has 0 bridgehead atoms. The fourth-order valence-electron chi connectivity index (χ4n) is 2.19. The highest BCUT2D eigenvalue weighted by Gasteiger charge is 2.39. The zero-order valence-electron chi connectivity index (χ0n) is 11.8. The van der Waals surface area contributed by atoms with Crippen LogP contribution >= 0.6 is 27.3 Å². The third-order valence-corrected chi connectivity index (χ3v) is 6.88. The van der Waals surface area contributed by atoms with Crippen LogP contribution in [0.5, 0.6) is 0 Å². The number of hydrogen-bond donors (Lipinski definition) is 1. The molecule has 2 heterocycles. The van der Waals surface area contributed by atoms with Crippen LogP contribution in [0.1, 0.15) is 11.8 Å². The molecule has 1 saturated heterocycles. The van der Waals surface area contributed by atoms with Crippen LogP contribution in [-0.4, -0.2) is 51.0 Å². The summed E-state index contributed by atoms with van der Waals surface area (Å²) >= 11 is 4.66. The van der Waals surface area contributed by atoms with Crippen molar-refractivity contribution < 1.29 is 17.9 Å². The number of rotatable bonds is 4. The fraction of sp³-hybridized carbons (Fsp3) is 0.583. The molecule has 118 valence electrons. The van der Waals surface area contributed by atoms with Crippen LogP contribution in [0.4, 0.5) is 0 Å². The average Bonchev–Trinajstić information content (AvgIpc) is 2.79. The second-order valence-electron chi connectivity index (χ2n) is 4.57. The van der Waals surface area contributed by atoms with Crippen LogP contribution in [0.2, 0.25) is 0 Å². The van der Waals surface area contributed by atoms with Crippen molar-refractivity contribution in [1.82, 2.24) is 9.62 Å². The zero-order valence-corrected chi connectivity index (χ0v) is 15.0. The van der Waals surface area contributed by atoms with Crippen molar-refractivity contribution in [2.24, 2.45) is 0 Å². The molecule has 1 N–H and O–H groups in total. The number of thiophene rings is 1. The van der Waals surface area contributed by atoms with Crippen LogP contribution < -0.4 is 5.32 Å². The SMILES string of the molecule is CCNC(=O)C1COCCN1S(=O)(=O)c1cc(Br)sc1C. The summed E-state index contributed by atoms with van der Waals surface area (Å²) in [6, 6.07) is 0.765. The first-order valence-corrected chi connectivity index (χ1v) is 9.56. The van der Waals surface area contributed by atoms with Gasteiger partial charge in [-0.25, -0.2) is 8.42 Å². The van der Waals surface area contributed by atoms with Crippen LogP contribution in [-0.2, 0) is 19.6 Å². The molecule has 1 fully saturated rings. The number of ether oxygens (including phenoxy) is 1. The number of amides is 1. The lowest BCUT2D eigenvalue weighted by atomic mass is 10.2. The Kier molecular flexibility index (Phi) is 5.42. The second-order valence-corrected chi connectivity index (χ2v) is 9.07. The number of nitrogens with one attached hydrogen (secondary N) is 1. The first-order chi connectivity index (χ1) is 9.87. The van der Waals surface area contributed by atoms with Gasteiger partial charge < -0.3 is 10.1 Å². The molecule has 6 nitrogen and oxygen atoms in total. The van der Waals surface area contributed by atoms with Crippen LogP contribution in [0.15, 0.2) is 14.7 Å². The fourth-order valence-corrected chi connectivity index (χ4v) is 6.13. The molecule has 21 heavy (non-hydrogen) atoms. The Morgan fingerprint density at radius 2 is 2.33 bits per heavy atom. The minimum Gasteiger partial charge on any atom is -0.378 e. The number of sulfonamides is 1. The number of aryl methyl sites for hydroxylation is 1. The molecule has 1 aromatic rings. The van der Waals surface area contributed by atoms with Gasteiger partial charge in [-0.2, -0.15) is 4.31 Å². The normalized spacial score (nSPS) is 20.4. The predicted octanol–water partition coefficient (Wildman–Crippen LogP) is 1.34. The quantitative estimate of drug-likeness (QED) is 0.832. The number of hydrogen-bond acceptors (Lipinski definition) is 5. The molecule has 0 radical (unpaired) electrons. The van der Waals surface area contributed by atoms with E-state index in [2.05, 4.69) is 21.2 Å². The smallest absolute Gasteiger partial charge is 0.245 e. The summed E-state index contributed by atoms with van der Waals surface area (Å²) in [5.74, 6) is -0.326. The minimum absolute atomic E-state index is 0.0788. The van der Waals surface area contributed by atoms with Crippen molar-refractivity contribution in [2.75, 3.05) is 26.3 Å². The van der Waals surface area contributed by atoms with Gasteiger partial charge >= 0.3 is 0 Å². The Hall–Kier alpha value is -0.480. The lowest BCUT2D eigenvalue weighted by Crippen LogP contribution is -2.55. The van der Waals surface area contributed by atoms with Gasteiger partial charge in [0.2, 0.25) is 15.9 Å². The van der Waals surface area contributed by atoms with E-state index in [0.717, 1.165) is 3.79 Å². The summed E-state index contributed by atoms with van der Waals surface area (Å²) < 4.78 is 32.9. The third kappa shape index (κ3) is 3.48. The van der Waals surface area contributed by atoms with E-state index >= 15 is 0 Å². The summed E-state index contributed by atoms with van der Waals surface area (Å²) in [7, 11) is -3.71. The maximum absolute atomic E-state index is 12.8. The van der Waals surface area contributed by atoms with Crippen molar-refractivity contribution in [3.63, 3.8) is 0 Å². The van der Waals surface area contributed by atoms with Crippen LogP contribution in [0, 0.1) is 6.92 Å². The first kappa shape index (κ1) is 16.9. The third-order valence-electron chi connectivity index (χ3n) is 3.16. The van der Waals surface area contributed by atoms with Gasteiger partial charge in [-0.1, -0.05) is 0 Å². The number of carbonyl (C=O) groups excluding carboxylic acids is 1. The average molecular weight is 397 g/mol. The Morgan fingerprint density at radius 1 is 1.62 bits per heavy atom. The highest BCUT2D eigenvalue weighted by molar-refractivity contribution is 9.11. The maximum atomic E-state index is 12.8. The van der Waals surface area contributed by atoms with E-state index in [9.17, 15) is 13.2 Å². The molecule has 1 atom stereocenters. The van der Waals surface area contributed by atoms with E-state index < -0.39 is 16.1 Å². The summed E-state index contributed by atoms with van der Waals surface area (Å²) in [6.45, 7) is 4.54. The molecule has 0 aromatic carbocycles. The number of halogens is 1. The molecule has 0 saturated carbocycles. The van der Waals surface area contributed by atoms with Gasteiger partial charge in [-0.15, -0.1) is 11.3 Å². The monoisotopic (exact) mass is 396 g/mol. The molecule has 0 aliphatic carbocycles. The number of likely N-dealkylation sites (N-methyl/N-ethyl adjacent to an activating group) is 1. The van der Waals surface area contributed by atoms with E-state index in [-0.39, 0.29) is 24.0 Å². The highest BCUT2D eigenvalue weighted by Crippen LogP contribution is 2.32. The van der Waals surface area contributed by atoms with E-state index in [0.29, 0.717) is 18.0 Å². The van der Waals surface area contributed by atoms with Crippen LogP contribution in [0.3, 0.4) is 0 Å². The van der Waals surface area contributed by atoms with Gasteiger partial charge in [0, 0.05) is 18.0 Å². The molecule has 0 spiro atoms. The lowest BCUT2D eigenvalue weighted by molar-refractivity contribution is -0.129. The van der Waals surface area contributed by atoms with Crippen molar-refractivity contribution in [3.05, 3.63) is 14.7 Å². The lowest BCUT2D eigenvalue weighted by Gasteiger charge is -2.33. The predicted molar refractivity (Wildman–Crippen MR) is 83.9 cm³/mol. The summed E-state index contributed by atoms with van der Waals surface area (Å²) in [5.41, 5.74) is 0. The van der Waals surface area contributed by atoms with Crippen molar-refractivity contribution in [1.29, 1.82) is 0 Å². The Bertz CT molecular complexity index is 629. The highest BCUT2D eigenvalue weighted by atomic mass is 79.9. The van der Waals surface area contributed by atoms with E-state index in [1.165, 1.54) is 15.6 Å². The van der Waals surface area contributed by atoms with Gasteiger partial charge in [0.05, 0.1) is 21.9 Å². The second kappa shape index (κ2) is 6.74. The molecule has 2 rings (SSSR count). The number of nitrogens with zero attached hydrogens (tertiary/aromatic N) is 1. The van der Waals surface area contributed by atoms with E-state index in [4.69, 9.17) is 4.74 Å². The van der Waals surface area contributed by atoms with Gasteiger partial charge in [0.1, 0.15) is 6.04 Å². The Morgan fingerprint density at radius 3 is 2.90 bits per heavy atom. The molecule has 1 aliphatic heterocycles.